The van der Waals surface area contributed by atoms with Gasteiger partial charge in [-0.1, -0.05) is 30.3 Å². The number of rotatable bonds is 6. The number of thiophene rings is 1. The average molecular weight is 398 g/mol. The van der Waals surface area contributed by atoms with E-state index < -0.39 is 11.8 Å². The maximum absolute atomic E-state index is 12.3. The third-order valence-corrected chi connectivity index (χ3v) is 5.49. The molecule has 146 valence electrons. The predicted octanol–water partition coefficient (Wildman–Crippen LogP) is 3.27. The summed E-state index contributed by atoms with van der Waals surface area (Å²) >= 11 is 1.67. The zero-order valence-electron chi connectivity index (χ0n) is 16.1. The molecule has 0 fully saturated rings. The number of anilines is 1. The van der Waals surface area contributed by atoms with Gasteiger partial charge in [0.05, 0.1) is 18.8 Å². The number of hydrogen-bond acceptors (Lipinski definition) is 5. The van der Waals surface area contributed by atoms with E-state index in [1.807, 2.05) is 31.1 Å². The quantitative estimate of drug-likeness (QED) is 0.627. The summed E-state index contributed by atoms with van der Waals surface area (Å²) in [4.78, 5) is 26.6. The van der Waals surface area contributed by atoms with E-state index in [1.54, 1.807) is 35.6 Å². The molecule has 0 aliphatic carbocycles. The van der Waals surface area contributed by atoms with Crippen LogP contribution in [0, 0.1) is 0 Å². The van der Waals surface area contributed by atoms with Crippen LogP contribution in [0.5, 0.6) is 5.75 Å². The number of benzene rings is 2. The molecule has 1 atom stereocenters. The molecule has 3 aromatic rings. The lowest BCUT2D eigenvalue weighted by Crippen LogP contribution is -2.40. The number of likely N-dealkylation sites (N-methyl/N-ethyl adjacent to an activating group) is 1. The SMILES string of the molecule is COc1ccccc1NC(=O)C(=O)NC[C@H](c1csc2ccccc12)N(C)C. The molecule has 6 nitrogen and oxygen atoms in total. The summed E-state index contributed by atoms with van der Waals surface area (Å²) in [6, 6.07) is 15.1. The fourth-order valence-electron chi connectivity index (χ4n) is 3.02. The normalized spacial score (nSPS) is 12.0. The van der Waals surface area contributed by atoms with Crippen molar-refractivity contribution in [3.8, 4) is 5.75 Å². The summed E-state index contributed by atoms with van der Waals surface area (Å²) in [5.41, 5.74) is 1.59. The number of ether oxygens (including phenoxy) is 1. The topological polar surface area (TPSA) is 70.7 Å². The first-order valence-corrected chi connectivity index (χ1v) is 9.74. The van der Waals surface area contributed by atoms with Crippen LogP contribution in [0.1, 0.15) is 11.6 Å². The minimum absolute atomic E-state index is 0.0424. The summed E-state index contributed by atoms with van der Waals surface area (Å²) in [5.74, 6) is -0.908. The molecular formula is C21H23N3O3S. The van der Waals surface area contributed by atoms with Crippen LogP contribution in [0.3, 0.4) is 0 Å². The molecule has 0 aliphatic heterocycles. The lowest BCUT2D eigenvalue weighted by atomic mass is 10.0. The molecule has 3 rings (SSSR count). The minimum atomic E-state index is -0.725. The van der Waals surface area contributed by atoms with Crippen LogP contribution in [-0.4, -0.2) is 44.5 Å². The Labute approximate surface area is 168 Å². The van der Waals surface area contributed by atoms with E-state index in [9.17, 15) is 9.59 Å². The van der Waals surface area contributed by atoms with Gasteiger partial charge in [-0.25, -0.2) is 0 Å². The highest BCUT2D eigenvalue weighted by molar-refractivity contribution is 7.17. The highest BCUT2D eigenvalue weighted by atomic mass is 32.1. The van der Waals surface area contributed by atoms with Gasteiger partial charge in [0, 0.05) is 11.2 Å². The fraction of sp³-hybridized carbons (Fsp3) is 0.238. The highest BCUT2D eigenvalue weighted by Gasteiger charge is 2.21. The molecule has 0 saturated heterocycles. The van der Waals surface area contributed by atoms with Crippen LogP contribution < -0.4 is 15.4 Å². The van der Waals surface area contributed by atoms with Gasteiger partial charge in [0.2, 0.25) is 0 Å². The zero-order chi connectivity index (χ0) is 20.1. The van der Waals surface area contributed by atoms with Crippen molar-refractivity contribution in [2.24, 2.45) is 0 Å². The van der Waals surface area contributed by atoms with E-state index in [4.69, 9.17) is 4.74 Å². The molecule has 7 heteroatoms. The van der Waals surface area contributed by atoms with Gasteiger partial charge in [-0.2, -0.15) is 0 Å². The number of hydrogen-bond donors (Lipinski definition) is 2. The van der Waals surface area contributed by atoms with E-state index in [0.717, 1.165) is 5.56 Å². The summed E-state index contributed by atoms with van der Waals surface area (Å²) in [6.45, 7) is 0.325. The lowest BCUT2D eigenvalue weighted by Gasteiger charge is -2.24. The monoisotopic (exact) mass is 397 g/mol. The van der Waals surface area contributed by atoms with Crippen molar-refractivity contribution in [1.29, 1.82) is 0 Å². The maximum atomic E-state index is 12.3. The highest BCUT2D eigenvalue weighted by Crippen LogP contribution is 2.32. The zero-order valence-corrected chi connectivity index (χ0v) is 16.9. The van der Waals surface area contributed by atoms with Crippen LogP contribution in [-0.2, 0) is 9.59 Å². The van der Waals surface area contributed by atoms with E-state index in [1.165, 1.54) is 17.2 Å². The first kappa shape index (κ1) is 19.9. The third kappa shape index (κ3) is 4.32. The number of nitrogens with zero attached hydrogens (tertiary/aromatic N) is 1. The second kappa shape index (κ2) is 8.86. The van der Waals surface area contributed by atoms with Gasteiger partial charge in [0.15, 0.2) is 0 Å². The molecule has 0 aliphatic rings. The van der Waals surface area contributed by atoms with Gasteiger partial charge in [0.25, 0.3) is 0 Å². The average Bonchev–Trinajstić information content (AvgIpc) is 3.12. The summed E-state index contributed by atoms with van der Waals surface area (Å²) in [6.07, 6.45) is 0. The molecule has 2 amide bonds. The van der Waals surface area contributed by atoms with Crippen LogP contribution in [0.2, 0.25) is 0 Å². The van der Waals surface area contributed by atoms with Crippen LogP contribution in [0.25, 0.3) is 10.1 Å². The number of carbonyl (C=O) groups is 2. The first-order chi connectivity index (χ1) is 13.5. The van der Waals surface area contributed by atoms with Crippen molar-refractivity contribution in [2.45, 2.75) is 6.04 Å². The van der Waals surface area contributed by atoms with E-state index >= 15 is 0 Å². The van der Waals surface area contributed by atoms with Crippen molar-refractivity contribution >= 4 is 38.9 Å². The van der Waals surface area contributed by atoms with E-state index in [-0.39, 0.29) is 6.04 Å². The molecule has 0 bridgehead atoms. The predicted molar refractivity (Wildman–Crippen MR) is 113 cm³/mol. The fourth-order valence-corrected chi connectivity index (χ4v) is 4.03. The van der Waals surface area contributed by atoms with Crippen LogP contribution >= 0.6 is 11.3 Å². The molecule has 28 heavy (non-hydrogen) atoms. The van der Waals surface area contributed by atoms with Gasteiger partial charge in [-0.15, -0.1) is 11.3 Å². The number of nitrogens with one attached hydrogen (secondary N) is 2. The second-order valence-corrected chi connectivity index (χ2v) is 7.44. The third-order valence-electron chi connectivity index (χ3n) is 4.51. The molecule has 2 aromatic carbocycles. The molecule has 0 radical (unpaired) electrons. The number of carbonyl (C=O) groups excluding carboxylic acids is 2. The van der Waals surface area contributed by atoms with Crippen molar-refractivity contribution in [3.05, 3.63) is 59.5 Å². The van der Waals surface area contributed by atoms with Crippen LogP contribution in [0.4, 0.5) is 5.69 Å². The Kier molecular flexibility index (Phi) is 6.28. The molecule has 0 spiro atoms. The Morgan fingerprint density at radius 2 is 1.79 bits per heavy atom. The van der Waals surface area contributed by atoms with E-state index in [2.05, 4.69) is 28.1 Å². The van der Waals surface area contributed by atoms with Gasteiger partial charge in [-0.05, 0) is 48.6 Å². The first-order valence-electron chi connectivity index (χ1n) is 8.86. The largest absolute Gasteiger partial charge is 0.495 e. The van der Waals surface area contributed by atoms with Gasteiger partial charge in [-0.3, -0.25) is 9.59 Å². The Morgan fingerprint density at radius 3 is 2.54 bits per heavy atom. The minimum Gasteiger partial charge on any atom is -0.495 e. The van der Waals surface area contributed by atoms with Crippen molar-refractivity contribution in [3.63, 3.8) is 0 Å². The summed E-state index contributed by atoms with van der Waals surface area (Å²) in [5, 5.41) is 8.61. The lowest BCUT2D eigenvalue weighted by molar-refractivity contribution is -0.136. The number of methoxy groups -OCH3 is 1. The molecule has 1 heterocycles. The van der Waals surface area contributed by atoms with Gasteiger partial charge >= 0.3 is 11.8 Å². The van der Waals surface area contributed by atoms with Crippen molar-refractivity contribution in [1.82, 2.24) is 10.2 Å². The van der Waals surface area contributed by atoms with Crippen molar-refractivity contribution in [2.75, 3.05) is 33.1 Å². The molecule has 0 saturated carbocycles. The smallest absolute Gasteiger partial charge is 0.313 e. The van der Waals surface area contributed by atoms with Gasteiger partial charge < -0.3 is 20.3 Å². The number of fused-ring (bicyclic) bond motifs is 1. The maximum Gasteiger partial charge on any atom is 0.313 e. The molecule has 1 aromatic heterocycles. The van der Waals surface area contributed by atoms with Gasteiger partial charge in [0.1, 0.15) is 5.75 Å². The molecule has 0 unspecified atom stereocenters. The number of para-hydroxylation sites is 2. The Bertz CT molecular complexity index is 984. The molecular weight excluding hydrogens is 374 g/mol. The summed E-state index contributed by atoms with van der Waals surface area (Å²) in [7, 11) is 5.42. The summed E-state index contributed by atoms with van der Waals surface area (Å²) < 4.78 is 6.39. The van der Waals surface area contributed by atoms with E-state index in [0.29, 0.717) is 18.0 Å². The van der Waals surface area contributed by atoms with Crippen molar-refractivity contribution < 1.29 is 14.3 Å². The Morgan fingerprint density at radius 1 is 1.07 bits per heavy atom. The Hall–Kier alpha value is -2.90. The van der Waals surface area contributed by atoms with Crippen LogP contribution in [0.15, 0.2) is 53.9 Å². The number of amides is 2. The standard InChI is InChI=1S/C21H23N3O3S/c1-24(2)17(15-13-28-19-11-7-4-8-14(15)19)12-22-20(25)21(26)23-16-9-5-6-10-18(16)27-3/h4-11,13,17H,12H2,1-3H3,(H,22,25)(H,23,26)/t17-/m1/s1. The Balaban J connectivity index is 1.68. The molecule has 2 N–H and O–H groups in total. The second-order valence-electron chi connectivity index (χ2n) is 6.53.